The number of sulfonamides is 1. The second-order valence-corrected chi connectivity index (χ2v) is 8.31. The number of halogens is 1. The van der Waals surface area contributed by atoms with Gasteiger partial charge in [-0.05, 0) is 36.6 Å². The smallest absolute Gasteiger partial charge is 0.247 e. The molecule has 1 aliphatic heterocycles. The molecular formula is C18H19ClN2O3S. The average Bonchev–Trinajstić information content (AvgIpc) is 2.59. The predicted octanol–water partition coefficient (Wildman–Crippen LogP) is 3.09. The molecule has 1 amide bonds. The Labute approximate surface area is 152 Å². The van der Waals surface area contributed by atoms with Crippen molar-refractivity contribution in [2.24, 2.45) is 0 Å². The minimum absolute atomic E-state index is 0.266. The third kappa shape index (κ3) is 3.80. The van der Waals surface area contributed by atoms with Crippen LogP contribution >= 0.6 is 11.6 Å². The molecule has 1 aliphatic rings. The van der Waals surface area contributed by atoms with Crippen molar-refractivity contribution < 1.29 is 13.2 Å². The van der Waals surface area contributed by atoms with Crippen molar-refractivity contribution in [2.45, 2.75) is 12.8 Å². The van der Waals surface area contributed by atoms with Crippen LogP contribution in [-0.4, -0.2) is 33.7 Å². The maximum atomic E-state index is 12.9. The Balaban J connectivity index is 1.92. The van der Waals surface area contributed by atoms with E-state index in [-0.39, 0.29) is 12.5 Å². The zero-order valence-corrected chi connectivity index (χ0v) is 15.4. The zero-order chi connectivity index (χ0) is 18.0. The summed E-state index contributed by atoms with van der Waals surface area (Å²) in [6.45, 7) is 0.298. The summed E-state index contributed by atoms with van der Waals surface area (Å²) in [5, 5.41) is 0.291. The molecule has 0 N–H and O–H groups in total. The molecule has 0 saturated heterocycles. The lowest BCUT2D eigenvalue weighted by Crippen LogP contribution is -2.44. The first-order valence-corrected chi connectivity index (χ1v) is 10.2. The number of rotatable bonds is 4. The normalized spacial score (nSPS) is 14.1. The Hall–Kier alpha value is -2.05. The number of fused-ring (bicyclic) bond motifs is 1. The van der Waals surface area contributed by atoms with E-state index in [0.717, 1.165) is 34.7 Å². The van der Waals surface area contributed by atoms with E-state index in [0.29, 0.717) is 17.3 Å². The number of hydrogen-bond donors (Lipinski definition) is 0. The third-order valence-corrected chi connectivity index (χ3v) is 5.66. The summed E-state index contributed by atoms with van der Waals surface area (Å²) < 4.78 is 25.6. The van der Waals surface area contributed by atoms with Gasteiger partial charge in [0, 0.05) is 12.2 Å². The second-order valence-electron chi connectivity index (χ2n) is 6.00. The van der Waals surface area contributed by atoms with Crippen LogP contribution in [0.2, 0.25) is 5.02 Å². The van der Waals surface area contributed by atoms with Gasteiger partial charge in [0.1, 0.15) is 6.54 Å². The Bertz CT molecular complexity index is 899. The summed E-state index contributed by atoms with van der Waals surface area (Å²) in [5.41, 5.74) is 2.27. The Morgan fingerprint density at radius 2 is 1.84 bits per heavy atom. The lowest BCUT2D eigenvalue weighted by Gasteiger charge is -2.32. The number of anilines is 2. The van der Waals surface area contributed by atoms with Crippen LogP contribution in [0.15, 0.2) is 48.5 Å². The fourth-order valence-corrected chi connectivity index (χ4v) is 4.19. The van der Waals surface area contributed by atoms with Gasteiger partial charge in [0.25, 0.3) is 0 Å². The van der Waals surface area contributed by atoms with Gasteiger partial charge in [0.15, 0.2) is 0 Å². The fraction of sp³-hybridized carbons (Fsp3) is 0.278. The first-order chi connectivity index (χ1) is 11.9. The van der Waals surface area contributed by atoms with Crippen LogP contribution in [0.3, 0.4) is 0 Å². The van der Waals surface area contributed by atoms with Gasteiger partial charge >= 0.3 is 0 Å². The zero-order valence-electron chi connectivity index (χ0n) is 13.9. The highest BCUT2D eigenvalue weighted by atomic mass is 35.5. The highest BCUT2D eigenvalue weighted by Crippen LogP contribution is 2.29. The highest BCUT2D eigenvalue weighted by molar-refractivity contribution is 7.92. The monoisotopic (exact) mass is 378 g/mol. The molecule has 0 atom stereocenters. The van der Waals surface area contributed by atoms with Gasteiger partial charge in [-0.25, -0.2) is 8.42 Å². The van der Waals surface area contributed by atoms with E-state index in [4.69, 9.17) is 11.6 Å². The van der Waals surface area contributed by atoms with E-state index in [9.17, 15) is 13.2 Å². The van der Waals surface area contributed by atoms with E-state index < -0.39 is 10.0 Å². The first kappa shape index (κ1) is 17.8. The van der Waals surface area contributed by atoms with E-state index in [2.05, 4.69) is 0 Å². The van der Waals surface area contributed by atoms with Gasteiger partial charge < -0.3 is 4.90 Å². The molecule has 25 heavy (non-hydrogen) atoms. The number of nitrogens with zero attached hydrogens (tertiary/aromatic N) is 2. The summed E-state index contributed by atoms with van der Waals surface area (Å²) in [4.78, 5) is 14.5. The van der Waals surface area contributed by atoms with Crippen molar-refractivity contribution >= 4 is 38.9 Å². The number of hydrogen-bond acceptors (Lipinski definition) is 3. The van der Waals surface area contributed by atoms with Crippen LogP contribution in [0, 0.1) is 0 Å². The van der Waals surface area contributed by atoms with Gasteiger partial charge in [-0.1, -0.05) is 41.9 Å². The summed E-state index contributed by atoms with van der Waals surface area (Å²) in [6.07, 6.45) is 2.85. The van der Waals surface area contributed by atoms with Crippen LogP contribution in [0.1, 0.15) is 12.0 Å². The topological polar surface area (TPSA) is 57.7 Å². The maximum absolute atomic E-state index is 12.9. The molecule has 7 heteroatoms. The van der Waals surface area contributed by atoms with Crippen molar-refractivity contribution in [3.05, 3.63) is 59.1 Å². The molecule has 2 aromatic rings. The van der Waals surface area contributed by atoms with Crippen LogP contribution < -0.4 is 9.21 Å². The molecule has 0 fully saturated rings. The molecule has 0 aliphatic carbocycles. The van der Waals surface area contributed by atoms with E-state index in [1.165, 1.54) is 0 Å². The molecule has 0 radical (unpaired) electrons. The molecule has 0 aromatic heterocycles. The summed E-state index contributed by atoms with van der Waals surface area (Å²) >= 11 is 6.14. The van der Waals surface area contributed by atoms with Gasteiger partial charge in [-0.15, -0.1) is 0 Å². The van der Waals surface area contributed by atoms with Crippen molar-refractivity contribution in [3.8, 4) is 0 Å². The number of aryl methyl sites for hydroxylation is 1. The van der Waals surface area contributed by atoms with Crippen LogP contribution in [0.4, 0.5) is 11.4 Å². The van der Waals surface area contributed by atoms with E-state index in [1.54, 1.807) is 29.2 Å². The lowest BCUT2D eigenvalue weighted by atomic mass is 10.0. The number of benzene rings is 2. The van der Waals surface area contributed by atoms with Gasteiger partial charge in [-0.2, -0.15) is 0 Å². The number of carbonyl (C=O) groups excluding carboxylic acids is 1. The molecule has 0 bridgehead atoms. The molecule has 0 spiro atoms. The second kappa shape index (κ2) is 7.06. The molecule has 3 rings (SSSR count). The van der Waals surface area contributed by atoms with E-state index in [1.807, 2.05) is 24.3 Å². The minimum atomic E-state index is -3.65. The molecule has 0 unspecified atom stereocenters. The standard InChI is InChI=1S/C18H19ClN2O3S/c1-25(23,24)21(17-11-5-3-9-15(17)19)13-18(22)20-12-6-8-14-7-2-4-10-16(14)20/h2-5,7,9-11H,6,8,12-13H2,1H3. The van der Waals surface area contributed by atoms with Crippen molar-refractivity contribution in [3.63, 3.8) is 0 Å². The molecule has 5 nitrogen and oxygen atoms in total. The number of amides is 1. The third-order valence-electron chi connectivity index (χ3n) is 4.21. The van der Waals surface area contributed by atoms with Crippen molar-refractivity contribution in [2.75, 3.05) is 28.6 Å². The molecule has 1 heterocycles. The molecule has 0 saturated carbocycles. The summed E-state index contributed by atoms with van der Waals surface area (Å²) in [5.74, 6) is -0.266. The van der Waals surface area contributed by atoms with Gasteiger partial charge in [0.2, 0.25) is 15.9 Å². The van der Waals surface area contributed by atoms with Crippen LogP contribution in [0.25, 0.3) is 0 Å². The Morgan fingerprint density at radius 1 is 1.16 bits per heavy atom. The number of para-hydroxylation sites is 2. The van der Waals surface area contributed by atoms with Gasteiger partial charge in [-0.3, -0.25) is 9.10 Å². The Kier molecular flexibility index (Phi) is 5.01. The predicted molar refractivity (Wildman–Crippen MR) is 101 cm³/mol. The van der Waals surface area contributed by atoms with Crippen molar-refractivity contribution in [1.29, 1.82) is 0 Å². The van der Waals surface area contributed by atoms with E-state index >= 15 is 0 Å². The molecular weight excluding hydrogens is 360 g/mol. The summed E-state index contributed by atoms with van der Waals surface area (Å²) in [7, 11) is -3.65. The summed E-state index contributed by atoms with van der Waals surface area (Å²) in [6, 6.07) is 14.3. The van der Waals surface area contributed by atoms with Crippen LogP contribution in [0.5, 0.6) is 0 Å². The first-order valence-electron chi connectivity index (χ1n) is 7.98. The minimum Gasteiger partial charge on any atom is -0.311 e. The highest BCUT2D eigenvalue weighted by Gasteiger charge is 2.28. The maximum Gasteiger partial charge on any atom is 0.247 e. The quantitative estimate of drug-likeness (QED) is 0.821. The lowest BCUT2D eigenvalue weighted by molar-refractivity contribution is -0.117. The largest absolute Gasteiger partial charge is 0.311 e. The molecule has 132 valence electrons. The van der Waals surface area contributed by atoms with Crippen molar-refractivity contribution in [1.82, 2.24) is 0 Å². The Morgan fingerprint density at radius 3 is 2.56 bits per heavy atom. The number of carbonyl (C=O) groups is 1. The van der Waals surface area contributed by atoms with Gasteiger partial charge in [0.05, 0.1) is 17.0 Å². The van der Waals surface area contributed by atoms with Crippen LogP contribution in [-0.2, 0) is 21.2 Å². The fourth-order valence-electron chi connectivity index (χ4n) is 3.04. The molecule has 2 aromatic carbocycles. The average molecular weight is 379 g/mol. The SMILES string of the molecule is CS(=O)(=O)N(CC(=O)N1CCCc2ccccc21)c1ccccc1Cl.